The first kappa shape index (κ1) is 47.3. The number of rotatable bonds is 25. The van der Waals surface area contributed by atoms with Gasteiger partial charge in [-0.1, -0.05) is 36.4 Å². The average Bonchev–Trinajstić information content (AvgIpc) is 3.84. The van der Waals surface area contributed by atoms with E-state index < -0.39 is 59.8 Å². The van der Waals surface area contributed by atoms with Gasteiger partial charge >= 0.3 is 5.97 Å². The second kappa shape index (κ2) is 23.4. The van der Waals surface area contributed by atoms with Gasteiger partial charge in [-0.2, -0.15) is 0 Å². The summed E-state index contributed by atoms with van der Waals surface area (Å²) in [5, 5.41) is 52.4. The van der Waals surface area contributed by atoms with Gasteiger partial charge < -0.3 is 75.2 Å². The minimum atomic E-state index is -1.35. The molecule has 0 saturated heterocycles. The first-order valence-electron chi connectivity index (χ1n) is 20.2. The number of H-pyrrole nitrogens is 2. The van der Waals surface area contributed by atoms with Crippen LogP contribution < -0.4 is 60.2 Å². The van der Waals surface area contributed by atoms with Crippen LogP contribution in [-0.4, -0.2) is 112 Å². The van der Waals surface area contributed by atoms with E-state index >= 15 is 0 Å². The predicted molar refractivity (Wildman–Crippen MR) is 235 cm³/mol. The minimum Gasteiger partial charge on any atom is -0.480 e. The van der Waals surface area contributed by atoms with Crippen molar-refractivity contribution in [2.45, 2.75) is 81.6 Å². The molecule has 0 spiro atoms. The molecule has 22 nitrogen and oxygen atoms in total. The highest BCUT2D eigenvalue weighted by atomic mass is 16.4. The molecule has 0 aliphatic heterocycles. The molecule has 0 aliphatic rings. The van der Waals surface area contributed by atoms with Crippen molar-refractivity contribution in [1.82, 2.24) is 47.2 Å². The second-order valence-electron chi connectivity index (χ2n) is 14.8. The van der Waals surface area contributed by atoms with E-state index in [0.717, 1.165) is 21.8 Å². The van der Waals surface area contributed by atoms with Crippen molar-refractivity contribution in [2.75, 3.05) is 19.6 Å². The highest BCUT2D eigenvalue weighted by molar-refractivity contribution is 5.96. The number of aromatic amines is 2. The molecule has 4 amide bonds. The highest BCUT2D eigenvalue weighted by Crippen LogP contribution is 2.21. The standard InChI is InChI=1S/C40H58N16O6/c41-26(10-5-15-48-38(42)43)33(57)55-31(18-22-20-51-27-11-3-1-8-24(22)27)36(60)56-32(19-23-21-52-28-12-4-2-9-25(23)28)35(59)53-29(13-6-16-49-39(44)45)34(58)54-30(37(61)62)14-7-17-50-40(46)47/h1-4,8-9,11-12,20-21,26,29-32,51-52H,5-7,10,13-19,41H2,(H,53,59)(H,54,58)(H,55,57)(H,56,60)(H,61,62)(H4,42,43,48)(H4,44,45,49)(H4,46,47,50)/t26-,29-,30-,31-,32-/m0/s1. The van der Waals surface area contributed by atoms with Crippen LogP contribution in [-0.2, 0) is 36.8 Å². The van der Waals surface area contributed by atoms with E-state index in [1.165, 1.54) is 0 Å². The van der Waals surface area contributed by atoms with E-state index in [-0.39, 0.29) is 75.9 Å². The van der Waals surface area contributed by atoms with Crippen LogP contribution in [0, 0.1) is 16.2 Å². The molecule has 0 unspecified atom stereocenters. The van der Waals surface area contributed by atoms with Crippen LogP contribution in [0.3, 0.4) is 0 Å². The highest BCUT2D eigenvalue weighted by Gasteiger charge is 2.33. The lowest BCUT2D eigenvalue weighted by Gasteiger charge is -2.27. The van der Waals surface area contributed by atoms with E-state index in [0.29, 0.717) is 24.1 Å². The number of hydrogen-bond acceptors (Lipinski definition) is 9. The average molecular weight is 859 g/mol. The lowest BCUT2D eigenvalue weighted by atomic mass is 10.0. The molecular formula is C40H58N16O6. The van der Waals surface area contributed by atoms with Gasteiger partial charge in [0.05, 0.1) is 6.04 Å². The maximum absolute atomic E-state index is 14.5. The van der Waals surface area contributed by atoms with E-state index in [1.807, 2.05) is 48.5 Å². The Hall–Kier alpha value is -7.36. The third kappa shape index (κ3) is 14.7. The van der Waals surface area contributed by atoms with E-state index in [4.69, 9.17) is 39.2 Å². The van der Waals surface area contributed by atoms with Crippen LogP contribution >= 0.6 is 0 Å². The van der Waals surface area contributed by atoms with E-state index in [2.05, 4.69) is 47.2 Å². The van der Waals surface area contributed by atoms with Gasteiger partial charge in [-0.05, 0) is 61.8 Å². The van der Waals surface area contributed by atoms with Gasteiger partial charge in [0.15, 0.2) is 17.9 Å². The summed E-state index contributed by atoms with van der Waals surface area (Å²) in [5.74, 6) is -5.04. The molecule has 2 aromatic heterocycles. The summed E-state index contributed by atoms with van der Waals surface area (Å²) in [5.41, 5.74) is 25.3. The summed E-state index contributed by atoms with van der Waals surface area (Å²) in [6.07, 6.45) is 4.45. The fraction of sp³-hybridized carbons (Fsp3) is 0.400. The van der Waals surface area contributed by atoms with Crippen molar-refractivity contribution in [1.29, 1.82) is 16.2 Å². The largest absolute Gasteiger partial charge is 0.480 e. The Labute approximate surface area is 357 Å². The third-order valence-electron chi connectivity index (χ3n) is 10.0. The number of carbonyl (C=O) groups excluding carboxylic acids is 4. The number of nitrogens with one attached hydrogen (secondary N) is 12. The Morgan fingerprint density at radius 1 is 0.548 bits per heavy atom. The molecule has 22 heteroatoms. The maximum atomic E-state index is 14.5. The Morgan fingerprint density at radius 3 is 1.37 bits per heavy atom. The quantitative estimate of drug-likeness (QED) is 0.0207. The first-order valence-corrected chi connectivity index (χ1v) is 20.2. The van der Waals surface area contributed by atoms with Crippen molar-refractivity contribution in [2.24, 2.45) is 22.9 Å². The predicted octanol–water partition coefficient (Wildman–Crippen LogP) is -1.42. The molecule has 0 fully saturated rings. The molecule has 5 atom stereocenters. The molecular weight excluding hydrogens is 801 g/mol. The van der Waals surface area contributed by atoms with E-state index in [9.17, 15) is 29.1 Å². The lowest BCUT2D eigenvalue weighted by molar-refractivity contribution is -0.142. The number of aliphatic carboxylic acids is 1. The van der Waals surface area contributed by atoms with Crippen molar-refractivity contribution in [3.63, 3.8) is 0 Å². The number of hydrogen-bond donors (Lipinski definition) is 17. The monoisotopic (exact) mass is 858 g/mol. The van der Waals surface area contributed by atoms with Gasteiger partial charge in [-0.25, -0.2) is 4.79 Å². The third-order valence-corrected chi connectivity index (χ3v) is 10.0. The topological polar surface area (TPSA) is 397 Å². The smallest absolute Gasteiger partial charge is 0.326 e. The number of fused-ring (bicyclic) bond motifs is 2. The van der Waals surface area contributed by atoms with Gasteiger partial charge in [-0.3, -0.25) is 35.4 Å². The number of benzene rings is 2. The van der Waals surface area contributed by atoms with Crippen LogP contribution in [0.5, 0.6) is 0 Å². The SMILES string of the molecule is N=C(N)NCCC[C@H](NC(=O)[C@H](CCCNC(=N)N)NC(=O)[C@H](Cc1c[nH]c2ccccc12)NC(=O)[C@H](Cc1c[nH]c2ccccc12)NC(=O)[C@@H](N)CCCNC(=N)N)C(=O)O. The summed E-state index contributed by atoms with van der Waals surface area (Å²) in [7, 11) is 0. The van der Waals surface area contributed by atoms with Crippen molar-refractivity contribution in [3.05, 3.63) is 72.1 Å². The van der Waals surface area contributed by atoms with Crippen molar-refractivity contribution < 1.29 is 29.1 Å². The number of aromatic nitrogens is 2. The lowest BCUT2D eigenvalue weighted by Crippen LogP contribution is -2.59. The van der Waals surface area contributed by atoms with Gasteiger partial charge in [-0.15, -0.1) is 0 Å². The molecule has 4 rings (SSSR count). The Balaban J connectivity index is 1.63. The number of guanidine groups is 3. The number of carboxylic acids is 1. The summed E-state index contributed by atoms with van der Waals surface area (Å²) in [4.78, 5) is 74.7. The molecule has 2 heterocycles. The van der Waals surface area contributed by atoms with Crippen LogP contribution in [0.15, 0.2) is 60.9 Å². The van der Waals surface area contributed by atoms with Gasteiger partial charge in [0.1, 0.15) is 24.2 Å². The van der Waals surface area contributed by atoms with Crippen LogP contribution in [0.4, 0.5) is 0 Å². The first-order chi connectivity index (χ1) is 29.6. The zero-order valence-corrected chi connectivity index (χ0v) is 34.2. The molecule has 0 saturated carbocycles. The second-order valence-corrected chi connectivity index (χ2v) is 14.8. The molecule has 0 aliphatic carbocycles. The Bertz CT molecular complexity index is 2200. The van der Waals surface area contributed by atoms with Gasteiger partial charge in [0.2, 0.25) is 23.6 Å². The van der Waals surface area contributed by atoms with Crippen molar-refractivity contribution >= 4 is 69.3 Å². The Kier molecular flexibility index (Phi) is 17.9. The summed E-state index contributed by atoms with van der Waals surface area (Å²) in [6.45, 7) is 0.656. The van der Waals surface area contributed by atoms with Crippen LogP contribution in [0.1, 0.15) is 49.7 Å². The van der Waals surface area contributed by atoms with E-state index in [1.54, 1.807) is 12.4 Å². The fourth-order valence-electron chi connectivity index (χ4n) is 6.82. The molecule has 62 heavy (non-hydrogen) atoms. The van der Waals surface area contributed by atoms with Crippen LogP contribution in [0.2, 0.25) is 0 Å². The fourth-order valence-corrected chi connectivity index (χ4v) is 6.82. The maximum Gasteiger partial charge on any atom is 0.326 e. The number of carbonyl (C=O) groups is 5. The summed E-state index contributed by atoms with van der Waals surface area (Å²) >= 11 is 0. The zero-order chi connectivity index (χ0) is 45.2. The Morgan fingerprint density at radius 2 is 0.919 bits per heavy atom. The number of para-hydroxylation sites is 2. The molecule has 2 aromatic carbocycles. The van der Waals surface area contributed by atoms with Gasteiger partial charge in [0, 0.05) is 66.7 Å². The molecule has 334 valence electrons. The summed E-state index contributed by atoms with van der Waals surface area (Å²) in [6, 6.07) is 8.57. The zero-order valence-electron chi connectivity index (χ0n) is 34.2. The molecule has 0 radical (unpaired) electrons. The molecule has 21 N–H and O–H groups in total. The molecule has 4 aromatic rings. The normalized spacial score (nSPS) is 13.4. The van der Waals surface area contributed by atoms with Gasteiger partial charge in [0.25, 0.3) is 0 Å². The number of amides is 4. The minimum absolute atomic E-state index is 0.00825. The number of nitrogens with two attached hydrogens (primary N) is 4. The number of carboxylic acid groups (broad SMARTS) is 1. The molecule has 0 bridgehead atoms. The summed E-state index contributed by atoms with van der Waals surface area (Å²) < 4.78 is 0. The van der Waals surface area contributed by atoms with Crippen molar-refractivity contribution in [3.8, 4) is 0 Å². The van der Waals surface area contributed by atoms with Crippen LogP contribution in [0.25, 0.3) is 21.8 Å².